The smallest absolute Gasteiger partial charge is 0.0702 e. The predicted octanol–water partition coefficient (Wildman–Crippen LogP) is 3.98. The van der Waals surface area contributed by atoms with E-state index in [2.05, 4.69) is 48.2 Å². The van der Waals surface area contributed by atoms with Gasteiger partial charge < -0.3 is 4.90 Å². The molecule has 1 saturated carbocycles. The van der Waals surface area contributed by atoms with E-state index >= 15 is 0 Å². The Kier molecular flexibility index (Phi) is 3.07. The van der Waals surface area contributed by atoms with Gasteiger partial charge in [0.15, 0.2) is 0 Å². The zero-order chi connectivity index (χ0) is 14.4. The zero-order valence-electron chi connectivity index (χ0n) is 12.8. The Balaban J connectivity index is 1.83. The zero-order valence-corrected chi connectivity index (χ0v) is 12.8. The van der Waals surface area contributed by atoms with Gasteiger partial charge in [0.2, 0.25) is 0 Å². The van der Waals surface area contributed by atoms with E-state index < -0.39 is 0 Å². The molecule has 2 heteroatoms. The van der Waals surface area contributed by atoms with Crippen LogP contribution in [0.5, 0.6) is 0 Å². The molecule has 0 aliphatic heterocycles. The normalized spacial score (nSPS) is 24.5. The van der Waals surface area contributed by atoms with E-state index in [0.29, 0.717) is 0 Å². The molecule has 0 amide bonds. The molecule has 0 spiro atoms. The lowest BCUT2D eigenvalue weighted by Crippen LogP contribution is -2.19. The number of likely N-dealkylation sites (N-methyl/N-ethyl adjacent to an activating group) is 1. The minimum absolute atomic E-state index is 0.791. The van der Waals surface area contributed by atoms with Crippen molar-refractivity contribution in [2.45, 2.75) is 19.3 Å². The van der Waals surface area contributed by atoms with E-state index in [-0.39, 0.29) is 0 Å². The van der Waals surface area contributed by atoms with Gasteiger partial charge in [0, 0.05) is 18.1 Å². The van der Waals surface area contributed by atoms with E-state index in [1.54, 1.807) is 11.1 Å². The van der Waals surface area contributed by atoms with Gasteiger partial charge in [0.25, 0.3) is 0 Å². The monoisotopic (exact) mass is 278 g/mol. The lowest BCUT2D eigenvalue weighted by Gasteiger charge is -2.23. The molecule has 108 valence electrons. The largest absolute Gasteiger partial charge is 0.305 e. The van der Waals surface area contributed by atoms with Crippen molar-refractivity contribution in [3.05, 3.63) is 47.7 Å². The molecule has 1 fully saturated rings. The minimum atomic E-state index is 0.791. The number of pyridine rings is 1. The summed E-state index contributed by atoms with van der Waals surface area (Å²) >= 11 is 0. The van der Waals surface area contributed by atoms with Crippen molar-refractivity contribution in [2.75, 3.05) is 20.6 Å². The van der Waals surface area contributed by atoms with Gasteiger partial charge in [-0.25, -0.2) is 0 Å². The number of fused-ring (bicyclic) bond motifs is 3. The van der Waals surface area contributed by atoms with E-state index in [9.17, 15) is 0 Å². The third-order valence-electron chi connectivity index (χ3n) is 5.08. The second-order valence-electron chi connectivity index (χ2n) is 6.79. The summed E-state index contributed by atoms with van der Waals surface area (Å²) in [5.41, 5.74) is 5.86. The van der Waals surface area contributed by atoms with Crippen LogP contribution in [0.3, 0.4) is 0 Å². The molecule has 1 aromatic heterocycles. The van der Waals surface area contributed by atoms with Crippen LogP contribution in [0.25, 0.3) is 16.5 Å². The van der Waals surface area contributed by atoms with Crippen LogP contribution in [0.4, 0.5) is 0 Å². The lowest BCUT2D eigenvalue weighted by atomic mass is 9.86. The Morgan fingerprint density at radius 2 is 2.00 bits per heavy atom. The van der Waals surface area contributed by atoms with Crippen LogP contribution in [0.1, 0.15) is 24.8 Å². The van der Waals surface area contributed by atoms with Gasteiger partial charge in [-0.3, -0.25) is 4.98 Å². The van der Waals surface area contributed by atoms with E-state index in [0.717, 1.165) is 23.9 Å². The summed E-state index contributed by atoms with van der Waals surface area (Å²) in [4.78, 5) is 6.76. The van der Waals surface area contributed by atoms with Gasteiger partial charge in [0.05, 0.1) is 5.52 Å². The first kappa shape index (κ1) is 13.0. The van der Waals surface area contributed by atoms with E-state index in [1.165, 1.54) is 30.2 Å². The summed E-state index contributed by atoms with van der Waals surface area (Å²) in [5, 5.41) is 1.26. The summed E-state index contributed by atoms with van der Waals surface area (Å²) in [6.45, 7) is 1.11. The summed E-state index contributed by atoms with van der Waals surface area (Å²) in [6.07, 6.45) is 6.02. The van der Waals surface area contributed by atoms with E-state index in [4.69, 9.17) is 0 Å². The Morgan fingerprint density at radius 3 is 2.86 bits per heavy atom. The third kappa shape index (κ3) is 2.18. The van der Waals surface area contributed by atoms with Crippen molar-refractivity contribution in [1.29, 1.82) is 0 Å². The van der Waals surface area contributed by atoms with Crippen molar-refractivity contribution >= 4 is 16.5 Å². The Bertz CT molecular complexity index is 714. The fourth-order valence-electron chi connectivity index (χ4n) is 4.26. The van der Waals surface area contributed by atoms with Crippen LogP contribution in [0.2, 0.25) is 0 Å². The number of rotatable bonds is 3. The number of aromatic nitrogens is 1. The fourth-order valence-corrected chi connectivity index (χ4v) is 4.26. The summed E-state index contributed by atoms with van der Waals surface area (Å²) in [6, 6.07) is 11.0. The summed E-state index contributed by atoms with van der Waals surface area (Å²) < 4.78 is 0. The predicted molar refractivity (Wildman–Crippen MR) is 88.0 cm³/mol. The summed E-state index contributed by atoms with van der Waals surface area (Å²) in [7, 11) is 4.36. The highest BCUT2D eigenvalue weighted by Gasteiger charge is 2.39. The van der Waals surface area contributed by atoms with Crippen molar-refractivity contribution in [1.82, 2.24) is 9.88 Å². The number of nitrogens with zero attached hydrogens (tertiary/aromatic N) is 2. The molecular weight excluding hydrogens is 256 g/mol. The second kappa shape index (κ2) is 4.96. The molecule has 0 radical (unpaired) electrons. The fraction of sp³-hybridized carbons (Fsp3) is 0.421. The molecule has 21 heavy (non-hydrogen) atoms. The number of hydrogen-bond donors (Lipinski definition) is 0. The van der Waals surface area contributed by atoms with Gasteiger partial charge in [-0.05, 0) is 80.1 Å². The van der Waals surface area contributed by atoms with E-state index in [1.807, 2.05) is 12.3 Å². The molecule has 4 rings (SSSR count). The van der Waals surface area contributed by atoms with Crippen molar-refractivity contribution in [3.63, 3.8) is 0 Å². The molecule has 1 heterocycles. The third-order valence-corrected chi connectivity index (χ3v) is 5.08. The molecule has 2 atom stereocenters. The maximum atomic E-state index is 4.44. The van der Waals surface area contributed by atoms with Crippen molar-refractivity contribution < 1.29 is 0 Å². The van der Waals surface area contributed by atoms with Gasteiger partial charge in [0.1, 0.15) is 0 Å². The molecule has 2 aliphatic rings. The Morgan fingerprint density at radius 1 is 1.14 bits per heavy atom. The Hall–Kier alpha value is -1.67. The van der Waals surface area contributed by atoms with Crippen molar-refractivity contribution in [2.24, 2.45) is 11.8 Å². The van der Waals surface area contributed by atoms with Crippen LogP contribution in [-0.2, 0) is 0 Å². The average molecular weight is 278 g/mol. The van der Waals surface area contributed by atoms with Crippen LogP contribution in [0, 0.1) is 11.8 Å². The molecule has 2 unspecified atom stereocenters. The van der Waals surface area contributed by atoms with Crippen LogP contribution in [-0.4, -0.2) is 30.5 Å². The van der Waals surface area contributed by atoms with Gasteiger partial charge in [-0.2, -0.15) is 0 Å². The van der Waals surface area contributed by atoms with Gasteiger partial charge in [-0.15, -0.1) is 0 Å². The lowest BCUT2D eigenvalue weighted by molar-refractivity contribution is 0.423. The maximum absolute atomic E-state index is 4.44. The highest BCUT2D eigenvalue weighted by molar-refractivity contribution is 5.85. The number of hydrogen-bond acceptors (Lipinski definition) is 2. The molecule has 0 N–H and O–H groups in total. The summed E-state index contributed by atoms with van der Waals surface area (Å²) in [5.74, 6) is 1.62. The first-order chi connectivity index (χ1) is 10.2. The first-order valence-electron chi connectivity index (χ1n) is 7.95. The minimum Gasteiger partial charge on any atom is -0.305 e. The molecular formula is C19H22N2. The van der Waals surface area contributed by atoms with Gasteiger partial charge >= 0.3 is 0 Å². The molecule has 2 nitrogen and oxygen atoms in total. The molecule has 1 aromatic carbocycles. The highest BCUT2D eigenvalue weighted by atomic mass is 15.1. The SMILES string of the molecule is CN(C)CC1=C(c2ccc3ncccc3c2)C2CCC1C2. The number of allylic oxidation sites excluding steroid dienone is 1. The molecule has 2 aromatic rings. The second-order valence-corrected chi connectivity index (χ2v) is 6.79. The topological polar surface area (TPSA) is 16.1 Å². The molecule has 0 saturated heterocycles. The average Bonchev–Trinajstić information content (AvgIpc) is 3.07. The van der Waals surface area contributed by atoms with Crippen molar-refractivity contribution in [3.8, 4) is 0 Å². The number of benzene rings is 1. The van der Waals surface area contributed by atoms with Gasteiger partial charge in [-0.1, -0.05) is 12.1 Å². The first-order valence-corrected chi connectivity index (χ1v) is 7.95. The highest BCUT2D eigenvalue weighted by Crippen LogP contribution is 2.52. The maximum Gasteiger partial charge on any atom is 0.0702 e. The quantitative estimate of drug-likeness (QED) is 0.844. The standard InChI is InChI=1S/C19H22N2/c1-21(2)12-17-13-5-6-15(10-13)19(17)16-7-8-18-14(11-16)4-3-9-20-18/h3-4,7-9,11,13,15H,5-6,10,12H2,1-2H3. The molecule has 2 bridgehead atoms. The van der Waals surface area contributed by atoms with Crippen LogP contribution < -0.4 is 0 Å². The van der Waals surface area contributed by atoms with Crippen LogP contribution in [0.15, 0.2) is 42.1 Å². The van der Waals surface area contributed by atoms with Crippen LogP contribution >= 0.6 is 0 Å². The Labute approximate surface area is 126 Å². The molecule has 2 aliphatic carbocycles.